The van der Waals surface area contributed by atoms with Crippen molar-refractivity contribution in [3.8, 4) is 11.4 Å². The van der Waals surface area contributed by atoms with E-state index in [1.54, 1.807) is 24.3 Å². The van der Waals surface area contributed by atoms with Crippen LogP contribution in [0, 0.1) is 0 Å². The quantitative estimate of drug-likeness (QED) is 0.425. The normalized spacial score (nSPS) is 14.4. The standard InChI is InChI=1S/C26H28F3N5O3/c1-33(16-23(30)35)14-13-25(11-12-25)17-3-5-18(6-4-17)31-24(36)21-15-22(26(27,28)29)32-34(21)19-7-9-20(37-2)10-8-19/h3-10,15H,11-14,16H2,1-2H3,(H2,30,35)(H,31,36). The third-order valence-electron chi connectivity index (χ3n) is 6.56. The van der Waals surface area contributed by atoms with Gasteiger partial charge in [-0.1, -0.05) is 12.1 Å². The van der Waals surface area contributed by atoms with E-state index >= 15 is 0 Å². The highest BCUT2D eigenvalue weighted by molar-refractivity contribution is 6.03. The van der Waals surface area contributed by atoms with Gasteiger partial charge in [0.15, 0.2) is 5.69 Å². The number of alkyl halides is 3. The van der Waals surface area contributed by atoms with Crippen LogP contribution in [0.4, 0.5) is 18.9 Å². The largest absolute Gasteiger partial charge is 0.497 e. The third-order valence-corrected chi connectivity index (χ3v) is 6.56. The lowest BCUT2D eigenvalue weighted by molar-refractivity contribution is -0.141. The zero-order valence-corrected chi connectivity index (χ0v) is 20.5. The van der Waals surface area contributed by atoms with E-state index in [1.807, 2.05) is 24.1 Å². The first kappa shape index (κ1) is 26.2. The molecule has 3 aromatic rings. The summed E-state index contributed by atoms with van der Waals surface area (Å²) in [6, 6.07) is 14.2. The molecule has 2 amide bonds. The van der Waals surface area contributed by atoms with Gasteiger partial charge in [-0.2, -0.15) is 18.3 Å². The van der Waals surface area contributed by atoms with Gasteiger partial charge in [-0.05, 0) is 80.2 Å². The molecule has 0 radical (unpaired) electrons. The minimum Gasteiger partial charge on any atom is -0.497 e. The van der Waals surface area contributed by atoms with Gasteiger partial charge in [-0.3, -0.25) is 14.5 Å². The van der Waals surface area contributed by atoms with Gasteiger partial charge < -0.3 is 15.8 Å². The molecule has 1 saturated carbocycles. The van der Waals surface area contributed by atoms with Crippen LogP contribution in [0.5, 0.6) is 5.75 Å². The molecular weight excluding hydrogens is 487 g/mol. The van der Waals surface area contributed by atoms with Crippen LogP contribution < -0.4 is 15.8 Å². The van der Waals surface area contributed by atoms with Gasteiger partial charge in [0.05, 0.1) is 19.3 Å². The molecule has 11 heteroatoms. The molecule has 8 nitrogen and oxygen atoms in total. The van der Waals surface area contributed by atoms with Crippen molar-refractivity contribution < 1.29 is 27.5 Å². The monoisotopic (exact) mass is 515 g/mol. The van der Waals surface area contributed by atoms with Crippen LogP contribution in [0.15, 0.2) is 54.6 Å². The van der Waals surface area contributed by atoms with Crippen LogP contribution in [-0.4, -0.2) is 53.7 Å². The van der Waals surface area contributed by atoms with Crippen LogP contribution in [0.3, 0.4) is 0 Å². The van der Waals surface area contributed by atoms with Crippen molar-refractivity contribution in [1.29, 1.82) is 0 Å². The van der Waals surface area contributed by atoms with Gasteiger partial charge in [0, 0.05) is 11.8 Å². The molecule has 196 valence electrons. The zero-order valence-electron chi connectivity index (χ0n) is 20.5. The van der Waals surface area contributed by atoms with Gasteiger partial charge in [-0.25, -0.2) is 4.68 Å². The number of ether oxygens (including phenoxy) is 1. The minimum absolute atomic E-state index is 0.0169. The van der Waals surface area contributed by atoms with Crippen molar-refractivity contribution in [2.45, 2.75) is 30.9 Å². The maximum Gasteiger partial charge on any atom is 0.435 e. The van der Waals surface area contributed by atoms with E-state index < -0.39 is 17.8 Å². The Kier molecular flexibility index (Phi) is 7.26. The number of nitrogens with zero attached hydrogens (tertiary/aromatic N) is 3. The number of carbonyl (C=O) groups is 2. The molecule has 0 saturated heterocycles. The molecule has 0 atom stereocenters. The van der Waals surface area contributed by atoms with E-state index in [0.29, 0.717) is 11.4 Å². The Bertz CT molecular complexity index is 1270. The molecule has 3 N–H and O–H groups in total. The molecule has 37 heavy (non-hydrogen) atoms. The molecule has 4 rings (SSSR count). The van der Waals surface area contributed by atoms with E-state index in [2.05, 4.69) is 10.4 Å². The Morgan fingerprint density at radius 3 is 2.32 bits per heavy atom. The number of benzene rings is 2. The van der Waals surface area contributed by atoms with Crippen molar-refractivity contribution >= 4 is 17.5 Å². The van der Waals surface area contributed by atoms with Gasteiger partial charge in [0.2, 0.25) is 5.91 Å². The number of nitrogens with one attached hydrogen (secondary N) is 1. The van der Waals surface area contributed by atoms with Crippen LogP contribution in [0.1, 0.15) is 41.0 Å². The average molecular weight is 516 g/mol. The summed E-state index contributed by atoms with van der Waals surface area (Å²) in [4.78, 5) is 26.0. The number of halogens is 3. The predicted octanol–water partition coefficient (Wildman–Crippen LogP) is 3.99. The fourth-order valence-corrected chi connectivity index (χ4v) is 4.29. The summed E-state index contributed by atoms with van der Waals surface area (Å²) in [7, 11) is 3.32. The summed E-state index contributed by atoms with van der Waals surface area (Å²) in [5.41, 5.74) is 5.70. The summed E-state index contributed by atoms with van der Waals surface area (Å²) in [5.74, 6) is -0.574. The maximum absolute atomic E-state index is 13.4. The van der Waals surface area contributed by atoms with Gasteiger partial charge in [-0.15, -0.1) is 0 Å². The van der Waals surface area contributed by atoms with Crippen molar-refractivity contribution in [3.05, 3.63) is 71.5 Å². The Labute approximate surface area is 212 Å². The fourth-order valence-electron chi connectivity index (χ4n) is 4.29. The van der Waals surface area contributed by atoms with Crippen LogP contribution in [0.2, 0.25) is 0 Å². The number of hydrogen-bond acceptors (Lipinski definition) is 5. The molecule has 0 spiro atoms. The first-order valence-electron chi connectivity index (χ1n) is 11.7. The number of carbonyl (C=O) groups excluding carboxylic acids is 2. The summed E-state index contributed by atoms with van der Waals surface area (Å²) in [6.07, 6.45) is -1.81. The van der Waals surface area contributed by atoms with Crippen LogP contribution >= 0.6 is 0 Å². The molecule has 1 heterocycles. The van der Waals surface area contributed by atoms with Crippen molar-refractivity contribution in [1.82, 2.24) is 14.7 Å². The zero-order chi connectivity index (χ0) is 26.8. The number of anilines is 1. The summed E-state index contributed by atoms with van der Waals surface area (Å²) < 4.78 is 46.2. The molecule has 1 aliphatic carbocycles. The van der Waals surface area contributed by atoms with Crippen LogP contribution in [-0.2, 0) is 16.4 Å². The highest BCUT2D eigenvalue weighted by Crippen LogP contribution is 2.51. The highest BCUT2D eigenvalue weighted by atomic mass is 19.4. The number of methoxy groups -OCH3 is 1. The Balaban J connectivity index is 1.50. The average Bonchev–Trinajstić information content (AvgIpc) is 3.50. The number of nitrogens with two attached hydrogens (primary N) is 1. The summed E-state index contributed by atoms with van der Waals surface area (Å²) in [5, 5.41) is 6.31. The van der Waals surface area contributed by atoms with Crippen molar-refractivity contribution in [2.75, 3.05) is 32.6 Å². The molecule has 1 aromatic heterocycles. The number of amides is 2. The molecule has 0 unspecified atom stereocenters. The van der Waals surface area contributed by atoms with E-state index in [4.69, 9.17) is 10.5 Å². The number of primary amides is 1. The van der Waals surface area contributed by atoms with E-state index in [-0.39, 0.29) is 29.2 Å². The number of likely N-dealkylation sites (N-methyl/N-ethyl adjacent to an activating group) is 1. The second-order valence-corrected chi connectivity index (χ2v) is 9.29. The molecule has 0 aliphatic heterocycles. The van der Waals surface area contributed by atoms with Gasteiger partial charge >= 0.3 is 6.18 Å². The van der Waals surface area contributed by atoms with Gasteiger partial charge in [0.1, 0.15) is 11.4 Å². The molecular formula is C26H28F3N5O3. The van der Waals surface area contributed by atoms with Crippen LogP contribution in [0.25, 0.3) is 5.69 Å². The fraction of sp³-hybridized carbons (Fsp3) is 0.346. The third kappa shape index (κ3) is 6.11. The topological polar surface area (TPSA) is 102 Å². The molecule has 1 aliphatic rings. The lowest BCUT2D eigenvalue weighted by Crippen LogP contribution is -2.32. The van der Waals surface area contributed by atoms with E-state index in [0.717, 1.165) is 42.1 Å². The van der Waals surface area contributed by atoms with E-state index in [1.165, 1.54) is 19.2 Å². The number of aromatic nitrogens is 2. The smallest absolute Gasteiger partial charge is 0.435 e. The minimum atomic E-state index is -4.71. The van der Waals surface area contributed by atoms with E-state index in [9.17, 15) is 22.8 Å². The first-order valence-corrected chi connectivity index (χ1v) is 11.7. The lowest BCUT2D eigenvalue weighted by Gasteiger charge is -2.21. The maximum atomic E-state index is 13.4. The molecule has 0 bridgehead atoms. The van der Waals surface area contributed by atoms with Gasteiger partial charge in [0.25, 0.3) is 5.91 Å². The molecule has 1 fully saturated rings. The SMILES string of the molecule is COc1ccc(-n2nc(C(F)(F)F)cc2C(=O)Nc2ccc(C3(CCN(C)CC(N)=O)CC3)cc2)cc1. The molecule has 2 aromatic carbocycles. The summed E-state index contributed by atoms with van der Waals surface area (Å²) >= 11 is 0. The second-order valence-electron chi connectivity index (χ2n) is 9.29. The number of hydrogen-bond donors (Lipinski definition) is 2. The Hall–Kier alpha value is -3.86. The summed E-state index contributed by atoms with van der Waals surface area (Å²) in [6.45, 7) is 0.919. The first-order chi connectivity index (χ1) is 17.5. The second kappa shape index (κ2) is 10.3. The van der Waals surface area contributed by atoms with Crippen molar-refractivity contribution in [3.63, 3.8) is 0 Å². The van der Waals surface area contributed by atoms with Crippen molar-refractivity contribution in [2.24, 2.45) is 5.73 Å². The predicted molar refractivity (Wildman–Crippen MR) is 132 cm³/mol. The highest BCUT2D eigenvalue weighted by Gasteiger charge is 2.43. The Morgan fingerprint density at radius 1 is 1.14 bits per heavy atom. The Morgan fingerprint density at radius 2 is 1.78 bits per heavy atom. The lowest BCUT2D eigenvalue weighted by atomic mass is 9.92. The number of rotatable bonds is 10.